The van der Waals surface area contributed by atoms with Crippen molar-refractivity contribution in [1.82, 2.24) is 9.80 Å². The summed E-state index contributed by atoms with van der Waals surface area (Å²) in [5, 5.41) is 20.2. The number of likely N-dealkylation sites (tertiary alicyclic amines) is 1. The van der Waals surface area contributed by atoms with Crippen LogP contribution >= 0.6 is 11.8 Å². The van der Waals surface area contributed by atoms with Crippen molar-refractivity contribution in [3.8, 4) is 5.75 Å². The van der Waals surface area contributed by atoms with Crippen LogP contribution in [0.4, 0.5) is 26.3 Å². The zero-order valence-corrected chi connectivity index (χ0v) is 21.6. The van der Waals surface area contributed by atoms with E-state index < -0.39 is 29.1 Å². The monoisotopic (exact) mass is 556 g/mol. The SMILES string of the molecule is COc1cc(C(O)(C(F)(F)F)C(F)(F)F)ccc1C1=C(C(=O)N2CCCC[C@@H]2C)N(CC(C)(C)O)CS1. The van der Waals surface area contributed by atoms with E-state index in [1.165, 1.54) is 0 Å². The predicted molar refractivity (Wildman–Crippen MR) is 126 cm³/mol. The minimum atomic E-state index is -6.05. The van der Waals surface area contributed by atoms with E-state index in [1.807, 2.05) is 6.92 Å². The molecule has 0 aromatic heterocycles. The average molecular weight is 557 g/mol. The van der Waals surface area contributed by atoms with Crippen LogP contribution in [0.25, 0.3) is 4.91 Å². The first-order valence-corrected chi connectivity index (χ1v) is 12.6. The molecule has 2 N–H and O–H groups in total. The first-order valence-electron chi connectivity index (χ1n) is 11.6. The quantitative estimate of drug-likeness (QED) is 0.488. The van der Waals surface area contributed by atoms with Crippen molar-refractivity contribution >= 4 is 22.6 Å². The number of rotatable bonds is 6. The predicted octanol–water partition coefficient (Wildman–Crippen LogP) is 4.85. The van der Waals surface area contributed by atoms with Gasteiger partial charge in [0, 0.05) is 35.2 Å². The van der Waals surface area contributed by atoms with E-state index in [9.17, 15) is 41.4 Å². The lowest BCUT2D eigenvalue weighted by molar-refractivity contribution is -0.376. The third-order valence-electron chi connectivity index (χ3n) is 6.42. The summed E-state index contributed by atoms with van der Waals surface area (Å²) in [4.78, 5) is 17.4. The van der Waals surface area contributed by atoms with Crippen LogP contribution in [-0.4, -0.2) is 76.0 Å². The van der Waals surface area contributed by atoms with Crippen molar-refractivity contribution in [3.63, 3.8) is 0 Å². The van der Waals surface area contributed by atoms with Crippen LogP contribution in [0.15, 0.2) is 23.9 Å². The molecule has 0 aliphatic carbocycles. The summed E-state index contributed by atoms with van der Waals surface area (Å²) in [5.41, 5.74) is -7.47. The highest BCUT2D eigenvalue weighted by Gasteiger charge is 2.71. The molecule has 1 fully saturated rings. The first kappa shape index (κ1) is 29.4. The third-order valence-corrected chi connectivity index (χ3v) is 7.57. The average Bonchev–Trinajstić information content (AvgIpc) is 3.17. The van der Waals surface area contributed by atoms with Crippen molar-refractivity contribution in [1.29, 1.82) is 0 Å². The van der Waals surface area contributed by atoms with Crippen molar-refractivity contribution < 1.29 is 46.1 Å². The summed E-state index contributed by atoms with van der Waals surface area (Å²) in [6.07, 6.45) is -9.56. The number of hydrogen-bond donors (Lipinski definition) is 2. The number of carbonyl (C=O) groups excluding carboxylic acids is 1. The molecule has 2 aliphatic heterocycles. The van der Waals surface area contributed by atoms with E-state index in [4.69, 9.17) is 4.74 Å². The molecule has 2 heterocycles. The number of benzene rings is 1. The molecular weight excluding hydrogens is 526 g/mol. The van der Waals surface area contributed by atoms with Gasteiger partial charge in [-0.1, -0.05) is 6.07 Å². The van der Waals surface area contributed by atoms with Gasteiger partial charge in [0.2, 0.25) is 0 Å². The molecule has 1 atom stereocenters. The number of aliphatic hydroxyl groups is 2. The molecule has 0 spiro atoms. The van der Waals surface area contributed by atoms with Crippen LogP contribution in [0, 0.1) is 0 Å². The standard InChI is InChI=1S/C24H30F6N2O4S/c1-14-7-5-6-10-32(14)20(33)18-19(37-13-31(18)12-21(2,3)34)16-9-8-15(11-17(16)36-4)22(35,23(25,26)27)24(28,29)30/h8-9,11,14,34-35H,5-7,10,12-13H2,1-4H3/t14-/m0/s1. The Morgan fingerprint density at radius 3 is 2.24 bits per heavy atom. The fourth-order valence-electron chi connectivity index (χ4n) is 4.58. The molecule has 0 unspecified atom stereocenters. The highest BCUT2D eigenvalue weighted by Crippen LogP contribution is 2.52. The van der Waals surface area contributed by atoms with Crippen LogP contribution in [0.5, 0.6) is 5.75 Å². The lowest BCUT2D eigenvalue weighted by Crippen LogP contribution is -2.53. The molecular formula is C24H30F6N2O4S. The number of nitrogens with zero attached hydrogens (tertiary/aromatic N) is 2. The Kier molecular flexibility index (Phi) is 8.13. The highest BCUT2D eigenvalue weighted by atomic mass is 32.2. The Bertz CT molecular complexity index is 1040. The van der Waals surface area contributed by atoms with Gasteiger partial charge in [0.1, 0.15) is 11.4 Å². The molecule has 37 heavy (non-hydrogen) atoms. The largest absolute Gasteiger partial charge is 0.496 e. The van der Waals surface area contributed by atoms with Gasteiger partial charge in [0.25, 0.3) is 11.5 Å². The Balaban J connectivity index is 2.18. The molecule has 1 aromatic rings. The maximum Gasteiger partial charge on any atom is 0.430 e. The molecule has 208 valence electrons. The summed E-state index contributed by atoms with van der Waals surface area (Å²) in [5.74, 6) is -0.485. The van der Waals surface area contributed by atoms with Gasteiger partial charge in [0.15, 0.2) is 0 Å². The van der Waals surface area contributed by atoms with Crippen LogP contribution in [-0.2, 0) is 10.4 Å². The van der Waals surface area contributed by atoms with Crippen LogP contribution in [0.1, 0.15) is 51.2 Å². The Morgan fingerprint density at radius 1 is 1.11 bits per heavy atom. The van der Waals surface area contributed by atoms with Crippen molar-refractivity contribution in [2.45, 2.75) is 69.6 Å². The molecule has 1 aromatic carbocycles. The minimum absolute atomic E-state index is 0.0646. The van der Waals surface area contributed by atoms with Crippen LogP contribution in [0.2, 0.25) is 0 Å². The molecule has 0 bridgehead atoms. The maximum absolute atomic E-state index is 13.7. The summed E-state index contributed by atoms with van der Waals surface area (Å²) in [6, 6.07) is 1.95. The van der Waals surface area contributed by atoms with Crippen molar-refractivity contribution in [3.05, 3.63) is 35.0 Å². The number of halogens is 6. The molecule has 0 saturated carbocycles. The normalized spacial score (nSPS) is 20.1. The second-order valence-corrected chi connectivity index (χ2v) is 10.9. The minimum Gasteiger partial charge on any atom is -0.496 e. The number of ether oxygens (including phenoxy) is 1. The Labute approximate surface area is 215 Å². The van der Waals surface area contributed by atoms with Crippen LogP contribution < -0.4 is 4.74 Å². The lowest BCUT2D eigenvalue weighted by atomic mass is 9.91. The molecule has 3 rings (SSSR count). The van der Waals surface area contributed by atoms with Gasteiger partial charge in [-0.15, -0.1) is 11.8 Å². The van der Waals surface area contributed by atoms with Gasteiger partial charge in [0.05, 0.1) is 18.6 Å². The molecule has 13 heteroatoms. The van der Waals surface area contributed by atoms with Crippen molar-refractivity contribution in [2.24, 2.45) is 0 Å². The van der Waals surface area contributed by atoms with Gasteiger partial charge < -0.3 is 24.7 Å². The van der Waals surface area contributed by atoms with E-state index in [1.54, 1.807) is 23.6 Å². The Hall–Kier alpha value is -2.12. The van der Waals surface area contributed by atoms with Gasteiger partial charge in [-0.3, -0.25) is 4.79 Å². The van der Waals surface area contributed by atoms with Gasteiger partial charge >= 0.3 is 12.4 Å². The van der Waals surface area contributed by atoms with E-state index in [0.29, 0.717) is 23.6 Å². The topological polar surface area (TPSA) is 73.2 Å². The fraction of sp³-hybridized carbons (Fsp3) is 0.625. The Morgan fingerprint density at radius 2 is 1.73 bits per heavy atom. The van der Waals surface area contributed by atoms with E-state index in [2.05, 4.69) is 0 Å². The van der Waals surface area contributed by atoms with Gasteiger partial charge in [-0.05, 0) is 52.2 Å². The summed E-state index contributed by atoms with van der Waals surface area (Å²) < 4.78 is 85.8. The zero-order valence-electron chi connectivity index (χ0n) is 20.8. The molecule has 1 amide bonds. The first-order chi connectivity index (χ1) is 16.9. The van der Waals surface area contributed by atoms with E-state index in [-0.39, 0.29) is 41.4 Å². The third kappa shape index (κ3) is 5.68. The highest BCUT2D eigenvalue weighted by molar-refractivity contribution is 8.08. The number of piperidine rings is 1. The number of methoxy groups -OCH3 is 1. The number of β-amino-alcohol motifs (C(OH)–C–C–N with tert-alkyl or cyclic N) is 1. The fourth-order valence-corrected chi connectivity index (χ4v) is 5.76. The maximum atomic E-state index is 13.7. The number of amides is 1. The summed E-state index contributed by atoms with van der Waals surface area (Å²) in [6.45, 7) is 5.59. The number of carbonyl (C=O) groups is 1. The second kappa shape index (κ2) is 10.2. The molecule has 0 radical (unpaired) electrons. The smallest absolute Gasteiger partial charge is 0.430 e. The lowest BCUT2D eigenvalue weighted by Gasteiger charge is -2.36. The summed E-state index contributed by atoms with van der Waals surface area (Å²) >= 11 is 1.16. The second-order valence-electron chi connectivity index (χ2n) is 9.93. The number of hydrogen-bond acceptors (Lipinski definition) is 6. The number of alkyl halides is 6. The zero-order chi connectivity index (χ0) is 28.0. The van der Waals surface area contributed by atoms with Gasteiger partial charge in [-0.2, -0.15) is 26.3 Å². The van der Waals surface area contributed by atoms with Crippen molar-refractivity contribution in [2.75, 3.05) is 26.1 Å². The molecule has 2 aliphatic rings. The molecule has 1 saturated heterocycles. The van der Waals surface area contributed by atoms with Crippen LogP contribution in [0.3, 0.4) is 0 Å². The summed E-state index contributed by atoms with van der Waals surface area (Å²) in [7, 11) is 1.08. The van der Waals surface area contributed by atoms with E-state index >= 15 is 0 Å². The molecule has 6 nitrogen and oxygen atoms in total. The van der Waals surface area contributed by atoms with E-state index in [0.717, 1.165) is 44.2 Å². The number of thioether (sulfide) groups is 1. The van der Waals surface area contributed by atoms with Gasteiger partial charge in [-0.25, -0.2) is 0 Å².